The van der Waals surface area contributed by atoms with Crippen molar-refractivity contribution in [1.29, 1.82) is 0 Å². The number of nitrogens with one attached hydrogen (secondary N) is 1. The molecule has 3 aromatic rings. The van der Waals surface area contributed by atoms with E-state index in [9.17, 15) is 22.0 Å². The van der Waals surface area contributed by atoms with Crippen LogP contribution in [0.15, 0.2) is 58.8 Å². The summed E-state index contributed by atoms with van der Waals surface area (Å²) in [5.41, 5.74) is 2.89. The summed E-state index contributed by atoms with van der Waals surface area (Å²) in [7, 11) is -4.68. The second-order valence-electron chi connectivity index (χ2n) is 5.69. The van der Waals surface area contributed by atoms with Crippen LogP contribution < -0.4 is 5.32 Å². The third-order valence-electron chi connectivity index (χ3n) is 3.75. The third kappa shape index (κ3) is 4.20. The maximum absolute atomic E-state index is 12.5. The number of carbonyl (C=O) groups is 1. The molecule has 0 aliphatic rings. The summed E-state index contributed by atoms with van der Waals surface area (Å²) < 4.78 is 47.9. The minimum absolute atomic E-state index is 0.135. The maximum atomic E-state index is 12.5. The fraction of sp³-hybridized carbons (Fsp3) is 0.111. The van der Waals surface area contributed by atoms with E-state index in [1.807, 2.05) is 31.2 Å². The fourth-order valence-corrected chi connectivity index (χ4v) is 3.69. The summed E-state index contributed by atoms with van der Waals surface area (Å²) in [4.78, 5) is 16.1. The molecule has 0 saturated heterocycles. The minimum atomic E-state index is -4.68. The molecule has 2 aromatic carbocycles. The zero-order valence-electron chi connectivity index (χ0n) is 14.0. The van der Waals surface area contributed by atoms with Crippen LogP contribution in [0.4, 0.5) is 13.9 Å². The molecule has 1 aromatic heterocycles. The first-order valence-corrected chi connectivity index (χ1v) is 10.2. The van der Waals surface area contributed by atoms with Gasteiger partial charge in [-0.15, -0.1) is 11.3 Å². The first-order chi connectivity index (χ1) is 12.8. The highest BCUT2D eigenvalue weighted by molar-refractivity contribution is 7.91. The lowest BCUT2D eigenvalue weighted by molar-refractivity contribution is 0.102. The van der Waals surface area contributed by atoms with Gasteiger partial charge in [-0.05, 0) is 31.2 Å². The Hall–Kier alpha value is -2.65. The quantitative estimate of drug-likeness (QED) is 0.680. The van der Waals surface area contributed by atoms with Crippen molar-refractivity contribution < 1.29 is 22.0 Å². The molecule has 140 valence electrons. The number of hydrogen-bond acceptors (Lipinski definition) is 5. The van der Waals surface area contributed by atoms with Crippen LogP contribution in [-0.4, -0.2) is 25.1 Å². The van der Waals surface area contributed by atoms with E-state index in [4.69, 9.17) is 0 Å². The van der Waals surface area contributed by atoms with Gasteiger partial charge < -0.3 is 0 Å². The smallest absolute Gasteiger partial charge is 0.298 e. The Balaban J connectivity index is 1.73. The van der Waals surface area contributed by atoms with Crippen molar-refractivity contribution in [3.63, 3.8) is 0 Å². The van der Waals surface area contributed by atoms with Crippen LogP contribution in [0.1, 0.15) is 15.9 Å². The molecule has 0 saturated carbocycles. The van der Waals surface area contributed by atoms with Crippen molar-refractivity contribution in [2.75, 3.05) is 5.32 Å². The van der Waals surface area contributed by atoms with Gasteiger partial charge in [0.05, 0.1) is 10.6 Å². The van der Waals surface area contributed by atoms with E-state index in [-0.39, 0.29) is 5.56 Å². The molecule has 27 heavy (non-hydrogen) atoms. The number of aromatic nitrogens is 1. The van der Waals surface area contributed by atoms with E-state index in [2.05, 4.69) is 10.3 Å². The van der Waals surface area contributed by atoms with E-state index in [1.165, 1.54) is 23.5 Å². The van der Waals surface area contributed by atoms with Gasteiger partial charge in [-0.2, -0.15) is 8.78 Å². The molecule has 0 fully saturated rings. The number of alkyl halides is 2. The second kappa shape index (κ2) is 7.53. The number of benzene rings is 2. The van der Waals surface area contributed by atoms with Crippen molar-refractivity contribution in [1.82, 2.24) is 4.98 Å². The van der Waals surface area contributed by atoms with Crippen molar-refractivity contribution >= 4 is 32.2 Å². The van der Waals surface area contributed by atoms with Gasteiger partial charge in [0.1, 0.15) is 0 Å². The van der Waals surface area contributed by atoms with E-state index in [1.54, 1.807) is 5.38 Å². The van der Waals surface area contributed by atoms with Crippen molar-refractivity contribution in [2.24, 2.45) is 0 Å². The molecule has 0 spiro atoms. The lowest BCUT2D eigenvalue weighted by Gasteiger charge is -2.05. The average molecular weight is 408 g/mol. The Kier molecular flexibility index (Phi) is 5.33. The number of halogens is 2. The minimum Gasteiger partial charge on any atom is -0.298 e. The maximum Gasteiger partial charge on any atom is 0.341 e. The summed E-state index contributed by atoms with van der Waals surface area (Å²) in [6.45, 7) is 1.98. The molecule has 9 heteroatoms. The number of aryl methyl sites for hydroxylation is 1. The Morgan fingerprint density at radius 1 is 1.07 bits per heavy atom. The van der Waals surface area contributed by atoms with Gasteiger partial charge >= 0.3 is 5.76 Å². The van der Waals surface area contributed by atoms with Crippen LogP contribution >= 0.6 is 11.3 Å². The Morgan fingerprint density at radius 2 is 1.70 bits per heavy atom. The number of anilines is 1. The molecular weight excluding hydrogens is 394 g/mol. The molecule has 1 amide bonds. The van der Waals surface area contributed by atoms with Gasteiger partial charge in [-0.3, -0.25) is 10.1 Å². The molecule has 3 rings (SSSR count). The largest absolute Gasteiger partial charge is 0.341 e. The summed E-state index contributed by atoms with van der Waals surface area (Å²) in [6, 6.07) is 12.1. The number of hydrogen-bond donors (Lipinski definition) is 1. The van der Waals surface area contributed by atoms with Crippen molar-refractivity contribution in [3.05, 3.63) is 65.0 Å². The first-order valence-electron chi connectivity index (χ1n) is 7.73. The fourth-order valence-electron chi connectivity index (χ4n) is 2.26. The molecule has 0 radical (unpaired) electrons. The molecule has 0 aliphatic carbocycles. The standard InChI is InChI=1S/C18H14F2N2O3S2/c1-11-2-4-12(5-3-11)15-10-26-18(21-15)22-16(23)13-6-8-14(9-7-13)27(24,25)17(19)20/h2-10,17H,1H3,(H,21,22,23). The normalized spacial score (nSPS) is 11.6. The van der Waals surface area contributed by atoms with Gasteiger partial charge in [-0.1, -0.05) is 29.8 Å². The number of nitrogens with zero attached hydrogens (tertiary/aromatic N) is 1. The Morgan fingerprint density at radius 3 is 2.30 bits per heavy atom. The van der Waals surface area contributed by atoms with E-state index in [0.29, 0.717) is 10.8 Å². The summed E-state index contributed by atoms with van der Waals surface area (Å²) in [5.74, 6) is -4.02. The molecule has 1 heterocycles. The van der Waals surface area contributed by atoms with Crippen LogP contribution in [0.25, 0.3) is 11.3 Å². The average Bonchev–Trinajstić information content (AvgIpc) is 3.10. The summed E-state index contributed by atoms with van der Waals surface area (Å²) in [6.07, 6.45) is 0. The zero-order valence-corrected chi connectivity index (χ0v) is 15.7. The molecule has 0 atom stereocenters. The number of carbonyl (C=O) groups excluding carboxylic acids is 1. The highest BCUT2D eigenvalue weighted by Gasteiger charge is 2.26. The predicted molar refractivity (Wildman–Crippen MR) is 99.9 cm³/mol. The van der Waals surface area contributed by atoms with Gasteiger partial charge in [0.2, 0.25) is 9.84 Å². The van der Waals surface area contributed by atoms with Crippen LogP contribution in [0.5, 0.6) is 0 Å². The van der Waals surface area contributed by atoms with Crippen LogP contribution in [0.3, 0.4) is 0 Å². The van der Waals surface area contributed by atoms with Crippen molar-refractivity contribution in [3.8, 4) is 11.3 Å². The first kappa shape index (κ1) is 19.1. The molecule has 0 aliphatic heterocycles. The highest BCUT2D eigenvalue weighted by atomic mass is 32.2. The molecule has 5 nitrogen and oxygen atoms in total. The summed E-state index contributed by atoms with van der Waals surface area (Å²) in [5, 5.41) is 4.79. The van der Waals surface area contributed by atoms with Crippen LogP contribution in [0, 0.1) is 6.92 Å². The lowest BCUT2D eigenvalue weighted by Crippen LogP contribution is -2.14. The Bertz CT molecular complexity index is 1060. The zero-order chi connectivity index (χ0) is 19.6. The third-order valence-corrected chi connectivity index (χ3v) is 5.91. The second-order valence-corrected chi connectivity index (χ2v) is 8.46. The Labute approximate surface area is 158 Å². The number of sulfone groups is 1. The van der Waals surface area contributed by atoms with Crippen molar-refractivity contribution in [2.45, 2.75) is 17.6 Å². The molecule has 0 bridgehead atoms. The number of amides is 1. The van der Waals surface area contributed by atoms with E-state index >= 15 is 0 Å². The lowest BCUT2D eigenvalue weighted by atomic mass is 10.1. The number of thiazole rings is 1. The van der Waals surface area contributed by atoms with Crippen LogP contribution in [-0.2, 0) is 9.84 Å². The molecule has 1 N–H and O–H groups in total. The molecular formula is C18H14F2N2O3S2. The predicted octanol–water partition coefficient (Wildman–Crippen LogP) is 4.37. The van der Waals surface area contributed by atoms with Gasteiger partial charge in [-0.25, -0.2) is 13.4 Å². The highest BCUT2D eigenvalue weighted by Crippen LogP contribution is 2.26. The topological polar surface area (TPSA) is 76.1 Å². The van der Waals surface area contributed by atoms with Crippen LogP contribution in [0.2, 0.25) is 0 Å². The van der Waals surface area contributed by atoms with Gasteiger partial charge in [0, 0.05) is 16.5 Å². The SMILES string of the molecule is Cc1ccc(-c2csc(NC(=O)c3ccc(S(=O)(=O)C(F)F)cc3)n2)cc1. The van der Waals surface area contributed by atoms with E-state index < -0.39 is 26.4 Å². The molecule has 0 unspecified atom stereocenters. The summed E-state index contributed by atoms with van der Waals surface area (Å²) >= 11 is 1.24. The van der Waals surface area contributed by atoms with E-state index in [0.717, 1.165) is 23.3 Å². The monoisotopic (exact) mass is 408 g/mol. The van der Waals surface area contributed by atoms with Gasteiger partial charge in [0.25, 0.3) is 5.91 Å². The van der Waals surface area contributed by atoms with Gasteiger partial charge in [0.15, 0.2) is 5.13 Å². The number of rotatable bonds is 5.